The van der Waals surface area contributed by atoms with Crippen molar-refractivity contribution in [1.29, 1.82) is 0 Å². The molecule has 0 aliphatic carbocycles. The maximum Gasteiger partial charge on any atom is 0.134 e. The van der Waals surface area contributed by atoms with Crippen LogP contribution in [0.5, 0.6) is 0 Å². The van der Waals surface area contributed by atoms with Crippen LogP contribution in [0.2, 0.25) is 0 Å². The third kappa shape index (κ3) is 1.62. The van der Waals surface area contributed by atoms with E-state index in [1.807, 2.05) is 24.4 Å². The van der Waals surface area contributed by atoms with Crippen LogP contribution in [-0.2, 0) is 0 Å². The molecule has 0 aliphatic heterocycles. The first-order valence-corrected chi connectivity index (χ1v) is 5.65. The van der Waals surface area contributed by atoms with Gasteiger partial charge in [0.2, 0.25) is 0 Å². The lowest BCUT2D eigenvalue weighted by atomic mass is 10.0. The number of hydrogen-bond acceptors (Lipinski definition) is 2. The molecule has 1 aromatic carbocycles. The van der Waals surface area contributed by atoms with Gasteiger partial charge in [0.25, 0.3) is 0 Å². The average molecular weight is 223 g/mol. The van der Waals surface area contributed by atoms with Crippen molar-refractivity contribution in [3.63, 3.8) is 0 Å². The third-order valence-electron chi connectivity index (χ3n) is 2.97. The molecular weight excluding hydrogens is 210 g/mol. The summed E-state index contributed by atoms with van der Waals surface area (Å²) in [7, 11) is 0. The molecule has 0 radical (unpaired) electrons. The van der Waals surface area contributed by atoms with E-state index >= 15 is 0 Å². The number of fused-ring (bicyclic) bond motifs is 1. The largest absolute Gasteiger partial charge is 0.464 e. The fourth-order valence-electron chi connectivity index (χ4n) is 2.26. The molecule has 84 valence electrons. The Kier molecular flexibility index (Phi) is 2.22. The third-order valence-corrected chi connectivity index (χ3v) is 2.97. The second-order valence-electron chi connectivity index (χ2n) is 4.31. The summed E-state index contributed by atoms with van der Waals surface area (Å²) < 4.78 is 5.48. The topological polar surface area (TPSA) is 26.0 Å². The Morgan fingerprint density at radius 3 is 2.76 bits per heavy atom. The molecular formula is C15H13NO. The van der Waals surface area contributed by atoms with Crippen LogP contribution in [0, 0.1) is 13.8 Å². The van der Waals surface area contributed by atoms with E-state index in [9.17, 15) is 0 Å². The van der Waals surface area contributed by atoms with Crippen LogP contribution in [0.25, 0.3) is 22.2 Å². The minimum absolute atomic E-state index is 0.891. The molecule has 0 aliphatic rings. The first-order valence-electron chi connectivity index (χ1n) is 5.65. The van der Waals surface area contributed by atoms with Gasteiger partial charge in [0, 0.05) is 17.1 Å². The molecule has 0 N–H and O–H groups in total. The number of rotatable bonds is 1. The predicted octanol–water partition coefficient (Wildman–Crippen LogP) is 4.11. The zero-order valence-corrected chi connectivity index (χ0v) is 9.90. The van der Waals surface area contributed by atoms with E-state index in [0.717, 1.165) is 22.2 Å². The van der Waals surface area contributed by atoms with Gasteiger partial charge in [-0.2, -0.15) is 0 Å². The zero-order chi connectivity index (χ0) is 11.8. The van der Waals surface area contributed by atoms with Gasteiger partial charge in [0.1, 0.15) is 5.76 Å². The molecule has 0 bridgehead atoms. The maximum atomic E-state index is 5.48. The van der Waals surface area contributed by atoms with Gasteiger partial charge in [-0.05, 0) is 43.7 Å². The number of benzene rings is 1. The van der Waals surface area contributed by atoms with Crippen LogP contribution in [0.3, 0.4) is 0 Å². The van der Waals surface area contributed by atoms with E-state index < -0.39 is 0 Å². The highest BCUT2D eigenvalue weighted by atomic mass is 16.3. The second-order valence-corrected chi connectivity index (χ2v) is 4.31. The van der Waals surface area contributed by atoms with Crippen molar-refractivity contribution in [1.82, 2.24) is 4.98 Å². The minimum atomic E-state index is 0.891. The van der Waals surface area contributed by atoms with Crippen molar-refractivity contribution >= 4 is 10.9 Å². The van der Waals surface area contributed by atoms with Crippen molar-refractivity contribution in [2.45, 2.75) is 13.8 Å². The predicted molar refractivity (Wildman–Crippen MR) is 68.9 cm³/mol. The van der Waals surface area contributed by atoms with Crippen molar-refractivity contribution in [2.75, 3.05) is 0 Å². The number of aryl methyl sites for hydroxylation is 2. The highest BCUT2D eigenvalue weighted by molar-refractivity contribution is 5.95. The van der Waals surface area contributed by atoms with Gasteiger partial charge in [0.15, 0.2) is 0 Å². The summed E-state index contributed by atoms with van der Waals surface area (Å²) in [6.07, 6.45) is 3.53. The Balaban J connectivity index is 2.40. The van der Waals surface area contributed by atoms with Crippen LogP contribution >= 0.6 is 0 Å². The first-order chi connectivity index (χ1) is 8.25. The molecule has 0 unspecified atom stereocenters. The van der Waals surface area contributed by atoms with Crippen molar-refractivity contribution < 1.29 is 4.42 Å². The fraction of sp³-hybridized carbons (Fsp3) is 0.133. The molecule has 0 amide bonds. The summed E-state index contributed by atoms with van der Waals surface area (Å²) in [4.78, 5) is 4.45. The average Bonchev–Trinajstić information content (AvgIpc) is 2.81. The maximum absolute atomic E-state index is 5.48. The molecule has 3 rings (SSSR count). The van der Waals surface area contributed by atoms with Crippen molar-refractivity contribution in [3.05, 3.63) is 53.9 Å². The molecule has 0 saturated carbocycles. The summed E-state index contributed by atoms with van der Waals surface area (Å²) >= 11 is 0. The summed E-state index contributed by atoms with van der Waals surface area (Å²) in [5.74, 6) is 0.891. The van der Waals surface area contributed by atoms with Crippen LogP contribution in [0.4, 0.5) is 0 Å². The number of pyridine rings is 1. The van der Waals surface area contributed by atoms with Gasteiger partial charge in [-0.15, -0.1) is 0 Å². The van der Waals surface area contributed by atoms with Crippen LogP contribution in [0.15, 0.2) is 47.2 Å². The molecule has 0 fully saturated rings. The minimum Gasteiger partial charge on any atom is -0.464 e. The Bertz CT molecular complexity index is 669. The van der Waals surface area contributed by atoms with Crippen LogP contribution in [0.1, 0.15) is 11.1 Å². The van der Waals surface area contributed by atoms with Gasteiger partial charge in [-0.25, -0.2) is 0 Å². The van der Waals surface area contributed by atoms with Crippen molar-refractivity contribution in [3.8, 4) is 11.3 Å². The smallest absolute Gasteiger partial charge is 0.134 e. The van der Waals surface area contributed by atoms with Gasteiger partial charge >= 0.3 is 0 Å². The fourth-order valence-corrected chi connectivity index (χ4v) is 2.26. The van der Waals surface area contributed by atoms with Gasteiger partial charge in [-0.1, -0.05) is 11.6 Å². The summed E-state index contributed by atoms with van der Waals surface area (Å²) in [6.45, 7) is 4.19. The lowest BCUT2D eigenvalue weighted by Gasteiger charge is -2.07. The summed E-state index contributed by atoms with van der Waals surface area (Å²) in [6, 6.07) is 10.2. The molecule has 0 spiro atoms. The number of aromatic nitrogens is 1. The number of hydrogen-bond donors (Lipinski definition) is 0. The Morgan fingerprint density at radius 2 is 2.00 bits per heavy atom. The van der Waals surface area contributed by atoms with Crippen LogP contribution < -0.4 is 0 Å². The Hall–Kier alpha value is -2.09. The summed E-state index contributed by atoms with van der Waals surface area (Å²) in [5, 5.41) is 1.15. The van der Waals surface area contributed by atoms with E-state index in [1.54, 1.807) is 6.26 Å². The first kappa shape index (κ1) is 10.1. The lowest BCUT2D eigenvalue weighted by Crippen LogP contribution is -1.88. The Labute approximate surface area is 99.9 Å². The highest BCUT2D eigenvalue weighted by Gasteiger charge is 2.08. The normalized spacial score (nSPS) is 10.9. The molecule has 2 heteroatoms. The molecule has 0 atom stereocenters. The van der Waals surface area contributed by atoms with E-state index in [1.165, 1.54) is 11.1 Å². The molecule has 2 nitrogen and oxygen atoms in total. The lowest BCUT2D eigenvalue weighted by molar-refractivity contribution is 0.583. The van der Waals surface area contributed by atoms with Gasteiger partial charge in [-0.3, -0.25) is 4.98 Å². The van der Waals surface area contributed by atoms with Gasteiger partial charge in [0.05, 0.1) is 11.8 Å². The molecule has 2 aromatic heterocycles. The van der Waals surface area contributed by atoms with E-state index in [4.69, 9.17) is 4.42 Å². The molecule has 0 saturated heterocycles. The zero-order valence-electron chi connectivity index (χ0n) is 9.90. The molecule has 17 heavy (non-hydrogen) atoms. The van der Waals surface area contributed by atoms with E-state index in [2.05, 4.69) is 31.0 Å². The molecule has 2 heterocycles. The monoisotopic (exact) mass is 223 g/mol. The second kappa shape index (κ2) is 3.74. The van der Waals surface area contributed by atoms with E-state index in [0.29, 0.717) is 0 Å². The number of furan rings is 1. The van der Waals surface area contributed by atoms with E-state index in [-0.39, 0.29) is 0 Å². The quantitative estimate of drug-likeness (QED) is 0.620. The Morgan fingerprint density at radius 1 is 1.12 bits per heavy atom. The van der Waals surface area contributed by atoms with Gasteiger partial charge < -0.3 is 4.42 Å². The molecule has 3 aromatic rings. The summed E-state index contributed by atoms with van der Waals surface area (Å²) in [5.41, 5.74) is 4.60. The van der Waals surface area contributed by atoms with Crippen LogP contribution in [-0.4, -0.2) is 4.98 Å². The SMILES string of the molecule is Cc1cc(C)c2nccc(-c3ccco3)c2c1. The highest BCUT2D eigenvalue weighted by Crippen LogP contribution is 2.29. The van der Waals surface area contributed by atoms with Crippen molar-refractivity contribution in [2.24, 2.45) is 0 Å². The standard InChI is InChI=1S/C15H13NO/c1-10-8-11(2)15-13(9-10)12(5-6-16-15)14-4-3-7-17-14/h3-9H,1-2H3. The number of nitrogens with zero attached hydrogens (tertiary/aromatic N) is 1.